The van der Waals surface area contributed by atoms with Crippen LogP contribution in [-0.2, 0) is 0 Å². The molecule has 0 unspecified atom stereocenters. The number of rotatable bonds is 5. The molecule has 0 amide bonds. The third-order valence-electron chi connectivity index (χ3n) is 2.67. The molecule has 0 aromatic carbocycles. The molecule has 18 heavy (non-hydrogen) atoms. The summed E-state index contributed by atoms with van der Waals surface area (Å²) < 4.78 is 52.3. The quantitative estimate of drug-likeness (QED) is 0.554. The van der Waals surface area contributed by atoms with Crippen LogP contribution in [0, 0.1) is 23.5 Å². The second-order valence-electron chi connectivity index (χ2n) is 3.77. The van der Waals surface area contributed by atoms with Crippen LogP contribution in [0.15, 0.2) is 0 Å². The summed E-state index contributed by atoms with van der Waals surface area (Å²) in [6.45, 7) is 0.165. The highest BCUT2D eigenvalue weighted by Gasteiger charge is 2.31. The summed E-state index contributed by atoms with van der Waals surface area (Å²) in [6.07, 6.45) is 0.0739. The van der Waals surface area contributed by atoms with Crippen LogP contribution < -0.4 is 5.32 Å². The zero-order valence-electron chi connectivity index (χ0n) is 9.47. The molecule has 1 aromatic heterocycles. The van der Waals surface area contributed by atoms with Crippen LogP contribution in [0.5, 0.6) is 0 Å². The SMILES string of the molecule is CCC(CO)(CO)Nc1c(F)c(F)nc(F)c1F. The first-order valence-electron chi connectivity index (χ1n) is 5.10. The predicted molar refractivity (Wildman–Crippen MR) is 54.9 cm³/mol. The molecular formula is C10H12F4N2O2. The van der Waals surface area contributed by atoms with E-state index < -0.39 is 48.0 Å². The van der Waals surface area contributed by atoms with Gasteiger partial charge in [-0.1, -0.05) is 6.92 Å². The normalized spacial score (nSPS) is 11.7. The van der Waals surface area contributed by atoms with Crippen LogP contribution in [0.25, 0.3) is 0 Å². The number of nitrogens with zero attached hydrogens (tertiary/aromatic N) is 1. The number of aliphatic hydroxyl groups excluding tert-OH is 2. The molecule has 0 radical (unpaired) electrons. The lowest BCUT2D eigenvalue weighted by Crippen LogP contribution is -2.45. The highest BCUT2D eigenvalue weighted by Crippen LogP contribution is 2.26. The number of aromatic nitrogens is 1. The maximum atomic E-state index is 13.3. The van der Waals surface area contributed by atoms with E-state index in [1.165, 1.54) is 6.92 Å². The Morgan fingerprint density at radius 3 is 1.83 bits per heavy atom. The van der Waals surface area contributed by atoms with E-state index in [4.69, 9.17) is 10.2 Å². The zero-order valence-corrected chi connectivity index (χ0v) is 9.47. The number of pyridine rings is 1. The molecule has 1 rings (SSSR count). The summed E-state index contributed by atoms with van der Waals surface area (Å²) >= 11 is 0. The van der Waals surface area contributed by atoms with Crippen molar-refractivity contribution in [3.63, 3.8) is 0 Å². The van der Waals surface area contributed by atoms with Crippen LogP contribution in [0.1, 0.15) is 13.3 Å². The minimum atomic E-state index is -1.81. The van der Waals surface area contributed by atoms with Crippen molar-refractivity contribution in [1.82, 2.24) is 4.98 Å². The monoisotopic (exact) mass is 268 g/mol. The van der Waals surface area contributed by atoms with Gasteiger partial charge in [0.25, 0.3) is 11.9 Å². The van der Waals surface area contributed by atoms with Crippen LogP contribution in [-0.4, -0.2) is 33.9 Å². The molecule has 0 spiro atoms. The Balaban J connectivity index is 3.25. The second kappa shape index (κ2) is 5.49. The lowest BCUT2D eigenvalue weighted by molar-refractivity contribution is 0.132. The summed E-state index contributed by atoms with van der Waals surface area (Å²) in [4.78, 5) is 2.39. The van der Waals surface area contributed by atoms with Crippen molar-refractivity contribution in [2.75, 3.05) is 18.5 Å². The largest absolute Gasteiger partial charge is 0.394 e. The van der Waals surface area contributed by atoms with Gasteiger partial charge in [-0.05, 0) is 6.42 Å². The summed E-state index contributed by atoms with van der Waals surface area (Å²) in [7, 11) is 0. The van der Waals surface area contributed by atoms with Gasteiger partial charge >= 0.3 is 0 Å². The van der Waals surface area contributed by atoms with Crippen LogP contribution >= 0.6 is 0 Å². The maximum absolute atomic E-state index is 13.3. The van der Waals surface area contributed by atoms with Gasteiger partial charge in [0.1, 0.15) is 5.69 Å². The third kappa shape index (κ3) is 2.54. The Hall–Kier alpha value is -1.41. The van der Waals surface area contributed by atoms with Crippen LogP contribution in [0.2, 0.25) is 0 Å². The molecular weight excluding hydrogens is 256 g/mol. The fourth-order valence-corrected chi connectivity index (χ4v) is 1.30. The molecule has 0 aliphatic carbocycles. The Bertz CT molecular complexity index is 404. The van der Waals surface area contributed by atoms with Gasteiger partial charge in [-0.25, -0.2) is 0 Å². The summed E-state index contributed by atoms with van der Waals surface area (Å²) in [5.74, 6) is -7.04. The van der Waals surface area contributed by atoms with Crippen LogP contribution in [0.3, 0.4) is 0 Å². The van der Waals surface area contributed by atoms with E-state index in [1.54, 1.807) is 0 Å². The number of halogens is 4. The molecule has 0 saturated carbocycles. The molecule has 4 nitrogen and oxygen atoms in total. The highest BCUT2D eigenvalue weighted by atomic mass is 19.2. The first-order valence-corrected chi connectivity index (χ1v) is 5.10. The second-order valence-corrected chi connectivity index (χ2v) is 3.77. The van der Waals surface area contributed by atoms with Gasteiger partial charge in [-0.3, -0.25) is 0 Å². The predicted octanol–water partition coefficient (Wildman–Crippen LogP) is 1.18. The average molecular weight is 268 g/mol. The van der Waals surface area contributed by atoms with Crippen molar-refractivity contribution in [3.05, 3.63) is 23.5 Å². The first kappa shape index (κ1) is 14.7. The molecule has 0 aliphatic rings. The van der Waals surface area contributed by atoms with Gasteiger partial charge in [0.15, 0.2) is 0 Å². The maximum Gasteiger partial charge on any atom is 0.253 e. The average Bonchev–Trinajstić information content (AvgIpc) is 2.38. The summed E-state index contributed by atoms with van der Waals surface area (Å²) in [6, 6.07) is 0. The summed E-state index contributed by atoms with van der Waals surface area (Å²) in [5.41, 5.74) is -2.59. The lowest BCUT2D eigenvalue weighted by Gasteiger charge is -2.31. The standard InChI is InChI=1S/C10H12F4N2O2/c1-2-10(3-17,4-18)16-7-5(11)8(13)15-9(14)6(7)12/h17-18H,2-4H2,1H3,(H,15,16). The lowest BCUT2D eigenvalue weighted by atomic mass is 9.98. The molecule has 0 fully saturated rings. The van der Waals surface area contributed by atoms with Gasteiger partial charge in [0, 0.05) is 0 Å². The van der Waals surface area contributed by atoms with E-state index in [0.29, 0.717) is 0 Å². The molecule has 102 valence electrons. The zero-order chi connectivity index (χ0) is 13.9. The van der Waals surface area contributed by atoms with Crippen molar-refractivity contribution in [2.24, 2.45) is 0 Å². The van der Waals surface area contributed by atoms with E-state index in [9.17, 15) is 17.6 Å². The van der Waals surface area contributed by atoms with Crippen molar-refractivity contribution in [1.29, 1.82) is 0 Å². The topological polar surface area (TPSA) is 65.4 Å². The van der Waals surface area contributed by atoms with Crippen molar-refractivity contribution >= 4 is 5.69 Å². The van der Waals surface area contributed by atoms with Crippen LogP contribution in [0.4, 0.5) is 23.2 Å². The highest BCUT2D eigenvalue weighted by molar-refractivity contribution is 5.48. The van der Waals surface area contributed by atoms with Crippen molar-refractivity contribution < 1.29 is 27.8 Å². The fraction of sp³-hybridized carbons (Fsp3) is 0.500. The Morgan fingerprint density at radius 2 is 1.50 bits per heavy atom. The minimum absolute atomic E-state index is 0.0739. The Labute approximate surface area is 100 Å². The molecule has 1 aromatic rings. The van der Waals surface area contributed by atoms with E-state index in [1.807, 2.05) is 0 Å². The third-order valence-corrected chi connectivity index (χ3v) is 2.67. The van der Waals surface area contributed by atoms with Gasteiger partial charge in [-0.15, -0.1) is 0 Å². The molecule has 0 aliphatic heterocycles. The minimum Gasteiger partial charge on any atom is -0.394 e. The molecule has 0 atom stereocenters. The molecule has 8 heteroatoms. The van der Waals surface area contributed by atoms with Gasteiger partial charge in [0.2, 0.25) is 11.6 Å². The smallest absolute Gasteiger partial charge is 0.253 e. The van der Waals surface area contributed by atoms with Crippen molar-refractivity contribution in [3.8, 4) is 0 Å². The van der Waals surface area contributed by atoms with E-state index in [-0.39, 0.29) is 6.42 Å². The van der Waals surface area contributed by atoms with E-state index in [2.05, 4.69) is 10.3 Å². The van der Waals surface area contributed by atoms with E-state index >= 15 is 0 Å². The molecule has 1 heterocycles. The number of nitrogens with one attached hydrogen (secondary N) is 1. The first-order chi connectivity index (χ1) is 8.40. The summed E-state index contributed by atoms with van der Waals surface area (Å²) in [5, 5.41) is 20.3. The molecule has 3 N–H and O–H groups in total. The fourth-order valence-electron chi connectivity index (χ4n) is 1.30. The number of hydrogen-bond donors (Lipinski definition) is 3. The number of anilines is 1. The van der Waals surface area contributed by atoms with E-state index in [0.717, 1.165) is 0 Å². The van der Waals surface area contributed by atoms with Gasteiger partial charge < -0.3 is 15.5 Å². The molecule has 0 saturated heterocycles. The Kier molecular flexibility index (Phi) is 4.47. The Morgan fingerprint density at radius 1 is 1.06 bits per heavy atom. The number of aliphatic hydroxyl groups is 2. The molecule has 0 bridgehead atoms. The van der Waals surface area contributed by atoms with Crippen molar-refractivity contribution in [2.45, 2.75) is 18.9 Å². The van der Waals surface area contributed by atoms with Gasteiger partial charge in [-0.2, -0.15) is 22.5 Å². The number of hydrogen-bond acceptors (Lipinski definition) is 4. The van der Waals surface area contributed by atoms with Gasteiger partial charge in [0.05, 0.1) is 18.8 Å².